The van der Waals surface area contributed by atoms with Gasteiger partial charge in [-0.05, 0) is 18.2 Å². The van der Waals surface area contributed by atoms with Gasteiger partial charge in [-0.2, -0.15) is 13.2 Å². The zero-order valence-corrected chi connectivity index (χ0v) is 9.82. The molecule has 0 heterocycles. The fourth-order valence-corrected chi connectivity index (χ4v) is 1.31. The van der Waals surface area contributed by atoms with Crippen molar-refractivity contribution in [3.8, 4) is 0 Å². The Labute approximate surface area is 100 Å². The van der Waals surface area contributed by atoms with Crippen LogP contribution in [0.4, 0.5) is 18.0 Å². The maximum Gasteiger partial charge on any atom is 0.441 e. The van der Waals surface area contributed by atoms with Crippen LogP contribution in [0.25, 0.3) is 0 Å². The predicted octanol–water partition coefficient (Wildman–Crippen LogP) is 1.40. The van der Waals surface area contributed by atoms with Gasteiger partial charge in [-0.3, -0.25) is 0 Å². The third kappa shape index (κ3) is 8.66. The molecule has 0 rings (SSSR count). The molecule has 0 aliphatic carbocycles. The lowest BCUT2D eigenvalue weighted by molar-refractivity contribution is -0.139. The van der Waals surface area contributed by atoms with Crippen molar-refractivity contribution >= 4 is 23.8 Å². The normalized spacial score (nSPS) is 12.9. The predicted molar refractivity (Wildman–Crippen MR) is 56.8 cm³/mol. The summed E-state index contributed by atoms with van der Waals surface area (Å²) in [4.78, 5) is 21.6. The number of hydrogen-bond acceptors (Lipinski definition) is 3. The van der Waals surface area contributed by atoms with Crippen LogP contribution in [0.2, 0.25) is 0 Å². The second-order valence-corrected chi connectivity index (χ2v) is 4.15. The van der Waals surface area contributed by atoms with E-state index in [2.05, 4.69) is 10.6 Å². The Morgan fingerprint density at radius 3 is 2.41 bits per heavy atom. The van der Waals surface area contributed by atoms with Crippen molar-refractivity contribution in [3.63, 3.8) is 0 Å². The second kappa shape index (κ2) is 7.25. The summed E-state index contributed by atoms with van der Waals surface area (Å²) in [5.74, 6) is -1.51. The maximum atomic E-state index is 11.7. The number of alkyl halides is 3. The van der Waals surface area contributed by atoms with Crippen LogP contribution in [0, 0.1) is 0 Å². The van der Waals surface area contributed by atoms with Gasteiger partial charge in [0.25, 0.3) is 0 Å². The average Bonchev–Trinajstić information content (AvgIpc) is 2.19. The van der Waals surface area contributed by atoms with Crippen LogP contribution < -0.4 is 10.6 Å². The number of hydrogen-bond donors (Lipinski definition) is 3. The van der Waals surface area contributed by atoms with Gasteiger partial charge in [0.05, 0.1) is 0 Å². The van der Waals surface area contributed by atoms with Crippen molar-refractivity contribution < 1.29 is 27.9 Å². The van der Waals surface area contributed by atoms with Gasteiger partial charge >= 0.3 is 17.5 Å². The number of carbonyl (C=O) groups excluding carboxylic acids is 1. The van der Waals surface area contributed by atoms with Gasteiger partial charge in [0.15, 0.2) is 0 Å². The first kappa shape index (κ1) is 15.9. The third-order valence-electron chi connectivity index (χ3n) is 1.67. The van der Waals surface area contributed by atoms with Gasteiger partial charge in [-0.1, -0.05) is 6.92 Å². The zero-order valence-electron chi connectivity index (χ0n) is 9.00. The van der Waals surface area contributed by atoms with Crippen molar-refractivity contribution in [2.24, 2.45) is 0 Å². The Morgan fingerprint density at radius 2 is 2.00 bits per heavy atom. The van der Waals surface area contributed by atoms with E-state index >= 15 is 0 Å². The van der Waals surface area contributed by atoms with E-state index in [1.807, 2.05) is 0 Å². The van der Waals surface area contributed by atoms with Crippen LogP contribution in [-0.2, 0) is 4.79 Å². The summed E-state index contributed by atoms with van der Waals surface area (Å²) < 4.78 is 35.1. The molecule has 0 aromatic carbocycles. The number of carbonyl (C=O) groups is 2. The van der Waals surface area contributed by atoms with E-state index in [1.165, 1.54) is 0 Å². The van der Waals surface area contributed by atoms with Crippen LogP contribution in [0.3, 0.4) is 0 Å². The first-order valence-corrected chi connectivity index (χ1v) is 5.72. The van der Waals surface area contributed by atoms with Gasteiger partial charge in [0.1, 0.15) is 6.04 Å². The van der Waals surface area contributed by atoms with Gasteiger partial charge < -0.3 is 15.7 Å². The third-order valence-corrected chi connectivity index (χ3v) is 2.40. The molecule has 0 saturated carbocycles. The van der Waals surface area contributed by atoms with Crippen LogP contribution in [-0.4, -0.2) is 41.0 Å². The lowest BCUT2D eigenvalue weighted by atomic mass is 10.2. The fourth-order valence-electron chi connectivity index (χ4n) is 0.879. The summed E-state index contributed by atoms with van der Waals surface area (Å²) >= 11 is -0.252. The summed E-state index contributed by atoms with van der Waals surface area (Å²) in [6.45, 7) is 1.38. The second-order valence-electron chi connectivity index (χ2n) is 2.99. The molecule has 0 fully saturated rings. The maximum absolute atomic E-state index is 11.7. The smallest absolute Gasteiger partial charge is 0.441 e. The van der Waals surface area contributed by atoms with E-state index in [-0.39, 0.29) is 30.5 Å². The van der Waals surface area contributed by atoms with E-state index in [1.54, 1.807) is 6.92 Å². The van der Waals surface area contributed by atoms with Gasteiger partial charge in [0.2, 0.25) is 0 Å². The highest BCUT2D eigenvalue weighted by Gasteiger charge is 2.27. The molecule has 9 heteroatoms. The monoisotopic (exact) mass is 274 g/mol. The lowest BCUT2D eigenvalue weighted by Crippen LogP contribution is -2.46. The van der Waals surface area contributed by atoms with Crippen molar-refractivity contribution in [1.82, 2.24) is 10.6 Å². The molecule has 1 unspecified atom stereocenters. The molecule has 3 N–H and O–H groups in total. The minimum absolute atomic E-state index is 0.188. The summed E-state index contributed by atoms with van der Waals surface area (Å²) in [5, 5.41) is 12.9. The molecule has 100 valence electrons. The minimum Gasteiger partial charge on any atom is -0.480 e. The van der Waals surface area contributed by atoms with Gasteiger partial charge in [-0.15, -0.1) is 0 Å². The molecule has 1 atom stereocenters. The number of carboxylic acids is 1. The molecular weight excluding hydrogens is 261 g/mol. The van der Waals surface area contributed by atoms with Gasteiger partial charge in [-0.25, -0.2) is 9.59 Å². The van der Waals surface area contributed by atoms with E-state index in [0.717, 1.165) is 0 Å². The minimum atomic E-state index is -4.33. The highest BCUT2D eigenvalue weighted by molar-refractivity contribution is 8.00. The molecule has 5 nitrogen and oxygen atoms in total. The topological polar surface area (TPSA) is 78.4 Å². The molecule has 0 spiro atoms. The molecule has 0 aromatic rings. The van der Waals surface area contributed by atoms with Crippen molar-refractivity contribution in [3.05, 3.63) is 0 Å². The van der Waals surface area contributed by atoms with Crippen LogP contribution >= 0.6 is 11.8 Å². The summed E-state index contributed by atoms with van der Waals surface area (Å²) in [6.07, 6.45) is 0.194. The highest BCUT2D eigenvalue weighted by Crippen LogP contribution is 2.29. The Kier molecular flexibility index (Phi) is 6.78. The summed E-state index contributed by atoms with van der Waals surface area (Å²) in [6, 6.07) is -1.83. The Balaban J connectivity index is 3.77. The van der Waals surface area contributed by atoms with E-state index in [4.69, 9.17) is 5.11 Å². The number of aliphatic carboxylic acids is 1. The summed E-state index contributed by atoms with van der Waals surface area (Å²) in [5.41, 5.74) is -4.33. The molecular formula is C8H13F3N2O3S. The van der Waals surface area contributed by atoms with E-state index in [9.17, 15) is 22.8 Å². The first-order chi connectivity index (χ1) is 7.76. The van der Waals surface area contributed by atoms with Crippen molar-refractivity contribution in [2.45, 2.75) is 24.9 Å². The number of thioether (sulfide) groups is 1. The van der Waals surface area contributed by atoms with E-state index < -0.39 is 23.6 Å². The molecule has 0 radical (unpaired) electrons. The standard InChI is InChI=1S/C8H13F3N2O3S/c1-2-5(6(14)15)13-7(16)12-3-4-17-8(9,10)11/h5H,2-4H2,1H3,(H,14,15)(H2,12,13,16). The zero-order chi connectivity index (χ0) is 13.5. The van der Waals surface area contributed by atoms with Gasteiger partial charge in [0, 0.05) is 12.3 Å². The highest BCUT2D eigenvalue weighted by atomic mass is 32.2. The number of carboxylic acid groups (broad SMARTS) is 1. The van der Waals surface area contributed by atoms with Crippen LogP contribution in [0.15, 0.2) is 0 Å². The fraction of sp³-hybridized carbons (Fsp3) is 0.750. The molecule has 0 bridgehead atoms. The molecule has 2 amide bonds. The number of halogens is 3. The molecule has 0 aromatic heterocycles. The summed E-state index contributed by atoms with van der Waals surface area (Å²) in [7, 11) is 0. The molecule has 0 aliphatic rings. The number of amides is 2. The Hall–Kier alpha value is -1.12. The van der Waals surface area contributed by atoms with Crippen LogP contribution in [0.1, 0.15) is 13.3 Å². The molecule has 0 saturated heterocycles. The van der Waals surface area contributed by atoms with Crippen molar-refractivity contribution in [1.29, 1.82) is 0 Å². The first-order valence-electron chi connectivity index (χ1n) is 4.74. The average molecular weight is 274 g/mol. The Morgan fingerprint density at radius 1 is 1.41 bits per heavy atom. The quantitative estimate of drug-likeness (QED) is 0.640. The SMILES string of the molecule is CCC(NC(=O)NCCSC(F)(F)F)C(=O)O. The van der Waals surface area contributed by atoms with Crippen LogP contribution in [0.5, 0.6) is 0 Å². The van der Waals surface area contributed by atoms with E-state index in [0.29, 0.717) is 0 Å². The lowest BCUT2D eigenvalue weighted by Gasteiger charge is -2.13. The number of rotatable bonds is 6. The number of urea groups is 1. The molecule has 17 heavy (non-hydrogen) atoms. The Bertz CT molecular complexity index is 273. The molecule has 0 aliphatic heterocycles. The number of nitrogens with one attached hydrogen (secondary N) is 2. The largest absolute Gasteiger partial charge is 0.480 e. The van der Waals surface area contributed by atoms with Crippen molar-refractivity contribution in [2.75, 3.05) is 12.3 Å².